The molecule has 0 spiro atoms. The standard InChI is InChI=1S/C61H96O5/c1-4-7-10-13-16-19-22-25-28-30-32-35-38-41-44-47-50-53-56-64-57-59(66-61(63)55-52-49-46-43-40-37-33-27-24-21-18-15-12-9-6-3)58-65-60(62)54-51-48-45-42-39-36-34-31-29-26-23-20-17-14-11-8-5-2/h7-12,16-21,25-29,32-36,42,45,59H,4-6,13-15,22-24,30-31,37-41,43-44,46-58H2,1-3H3/b10-7-,11-8-,12-9-,19-16-,20-17-,21-18-,28-25-,29-26-,33-27-,35-32-,36-34-,45-42-. The van der Waals surface area contributed by atoms with Gasteiger partial charge < -0.3 is 14.2 Å². The van der Waals surface area contributed by atoms with Gasteiger partial charge in [0.2, 0.25) is 0 Å². The minimum absolute atomic E-state index is 0.0305. The molecule has 0 heterocycles. The maximum absolute atomic E-state index is 12.8. The Morgan fingerprint density at radius 3 is 1.06 bits per heavy atom. The lowest BCUT2D eigenvalue weighted by atomic mass is 10.1. The van der Waals surface area contributed by atoms with Crippen molar-refractivity contribution in [3.05, 3.63) is 146 Å². The van der Waals surface area contributed by atoms with Gasteiger partial charge in [-0.15, -0.1) is 0 Å². The molecule has 0 aliphatic rings. The molecule has 0 fully saturated rings. The maximum atomic E-state index is 12.8. The molecule has 1 unspecified atom stereocenters. The van der Waals surface area contributed by atoms with Crippen LogP contribution >= 0.6 is 0 Å². The molecular weight excluding hydrogens is 813 g/mol. The van der Waals surface area contributed by atoms with Gasteiger partial charge in [0.05, 0.1) is 6.61 Å². The highest BCUT2D eigenvalue weighted by Crippen LogP contribution is 2.11. The molecule has 0 amide bonds. The fraction of sp³-hybridized carbons (Fsp3) is 0.574. The number of hydrogen-bond acceptors (Lipinski definition) is 5. The van der Waals surface area contributed by atoms with Gasteiger partial charge in [-0.2, -0.15) is 0 Å². The van der Waals surface area contributed by atoms with Gasteiger partial charge in [-0.05, 0) is 128 Å². The summed E-state index contributed by atoms with van der Waals surface area (Å²) in [5.74, 6) is -0.507. The Hall–Kier alpha value is -4.22. The predicted octanol–water partition coefficient (Wildman–Crippen LogP) is 18.1. The molecule has 0 saturated carbocycles. The summed E-state index contributed by atoms with van der Waals surface area (Å²) in [7, 11) is 0. The van der Waals surface area contributed by atoms with E-state index < -0.39 is 6.10 Å². The lowest BCUT2D eigenvalue weighted by Gasteiger charge is -2.18. The van der Waals surface area contributed by atoms with Crippen LogP contribution < -0.4 is 0 Å². The summed E-state index contributed by atoms with van der Waals surface area (Å²) in [6.07, 6.45) is 80.1. The molecule has 0 radical (unpaired) electrons. The van der Waals surface area contributed by atoms with Crippen LogP contribution in [-0.2, 0) is 23.8 Å². The minimum atomic E-state index is -0.590. The van der Waals surface area contributed by atoms with Crippen LogP contribution in [-0.4, -0.2) is 37.9 Å². The van der Waals surface area contributed by atoms with E-state index in [1.807, 2.05) is 0 Å². The van der Waals surface area contributed by atoms with Crippen molar-refractivity contribution in [2.45, 2.75) is 207 Å². The van der Waals surface area contributed by atoms with E-state index in [1.54, 1.807) is 0 Å². The Morgan fingerprint density at radius 2 is 0.652 bits per heavy atom. The van der Waals surface area contributed by atoms with Crippen molar-refractivity contribution < 1.29 is 23.8 Å². The fourth-order valence-corrected chi connectivity index (χ4v) is 6.55. The number of allylic oxidation sites excluding steroid dienone is 24. The van der Waals surface area contributed by atoms with E-state index >= 15 is 0 Å². The smallest absolute Gasteiger partial charge is 0.306 e. The number of rotatable bonds is 46. The normalized spacial score (nSPS) is 13.4. The van der Waals surface area contributed by atoms with Crippen molar-refractivity contribution in [1.29, 1.82) is 0 Å². The van der Waals surface area contributed by atoms with Crippen molar-refractivity contribution in [2.75, 3.05) is 19.8 Å². The van der Waals surface area contributed by atoms with Crippen LogP contribution in [0.1, 0.15) is 201 Å². The Morgan fingerprint density at radius 1 is 0.333 bits per heavy atom. The molecule has 0 aromatic rings. The second-order valence-corrected chi connectivity index (χ2v) is 16.6. The first-order valence-corrected chi connectivity index (χ1v) is 26.4. The third-order valence-corrected chi connectivity index (χ3v) is 10.4. The molecule has 0 saturated heterocycles. The van der Waals surface area contributed by atoms with Gasteiger partial charge in [0.25, 0.3) is 0 Å². The third kappa shape index (κ3) is 52.4. The Bertz CT molecular complexity index is 1450. The quantitative estimate of drug-likeness (QED) is 0.0346. The van der Waals surface area contributed by atoms with E-state index in [2.05, 4.69) is 167 Å². The molecule has 66 heavy (non-hydrogen) atoms. The molecule has 5 heteroatoms. The van der Waals surface area contributed by atoms with Crippen LogP contribution in [0.5, 0.6) is 0 Å². The molecule has 5 nitrogen and oxygen atoms in total. The van der Waals surface area contributed by atoms with Crippen LogP contribution in [0.15, 0.2) is 146 Å². The molecule has 0 aliphatic carbocycles. The van der Waals surface area contributed by atoms with Crippen molar-refractivity contribution in [2.24, 2.45) is 0 Å². The zero-order valence-corrected chi connectivity index (χ0v) is 42.4. The number of unbranched alkanes of at least 4 members (excludes halogenated alkanes) is 11. The lowest BCUT2D eigenvalue weighted by molar-refractivity contribution is -0.163. The molecule has 0 rings (SSSR count). The fourth-order valence-electron chi connectivity index (χ4n) is 6.55. The van der Waals surface area contributed by atoms with Crippen LogP contribution in [0, 0.1) is 0 Å². The molecule has 1 atom stereocenters. The van der Waals surface area contributed by atoms with Gasteiger partial charge >= 0.3 is 11.9 Å². The second-order valence-electron chi connectivity index (χ2n) is 16.6. The van der Waals surface area contributed by atoms with Crippen molar-refractivity contribution in [3.8, 4) is 0 Å². The maximum Gasteiger partial charge on any atom is 0.306 e. The SMILES string of the molecule is CC/C=C\C/C=C\C/C=C\C/C=C\C/C=C\CCCC(=O)OCC(COCCCCCCC/C=C\C/C=C\C/C=C\C/C=C\CC)OC(=O)CCCCCCC/C=C\C/C=C\C/C=C\CC. The third-order valence-electron chi connectivity index (χ3n) is 10.4. The van der Waals surface area contributed by atoms with Crippen LogP contribution in [0.25, 0.3) is 0 Å². The summed E-state index contributed by atoms with van der Waals surface area (Å²) in [4.78, 5) is 25.4. The van der Waals surface area contributed by atoms with Crippen LogP contribution in [0.2, 0.25) is 0 Å². The lowest BCUT2D eigenvalue weighted by Crippen LogP contribution is -2.30. The highest BCUT2D eigenvalue weighted by molar-refractivity contribution is 5.70. The Labute approximate surface area is 406 Å². The van der Waals surface area contributed by atoms with Gasteiger partial charge in [-0.25, -0.2) is 0 Å². The molecule has 0 bridgehead atoms. The largest absolute Gasteiger partial charge is 0.462 e. The number of ether oxygens (including phenoxy) is 3. The zero-order valence-electron chi connectivity index (χ0n) is 42.4. The van der Waals surface area contributed by atoms with Crippen molar-refractivity contribution in [1.82, 2.24) is 0 Å². The van der Waals surface area contributed by atoms with Crippen LogP contribution in [0.3, 0.4) is 0 Å². The number of carbonyl (C=O) groups is 2. The molecule has 0 aliphatic heterocycles. The van der Waals surface area contributed by atoms with Crippen molar-refractivity contribution in [3.63, 3.8) is 0 Å². The minimum Gasteiger partial charge on any atom is -0.462 e. The monoisotopic (exact) mass is 909 g/mol. The molecular formula is C61H96O5. The van der Waals surface area contributed by atoms with Crippen molar-refractivity contribution >= 4 is 11.9 Å². The molecule has 370 valence electrons. The summed E-state index contributed by atoms with van der Waals surface area (Å²) in [6.45, 7) is 7.34. The van der Waals surface area contributed by atoms with Gasteiger partial charge in [-0.1, -0.05) is 205 Å². The van der Waals surface area contributed by atoms with E-state index in [0.717, 1.165) is 141 Å². The van der Waals surface area contributed by atoms with Gasteiger partial charge in [-0.3, -0.25) is 9.59 Å². The average Bonchev–Trinajstić information content (AvgIpc) is 3.32. The van der Waals surface area contributed by atoms with E-state index in [1.165, 1.54) is 25.7 Å². The number of carbonyl (C=O) groups excluding carboxylic acids is 2. The van der Waals surface area contributed by atoms with Gasteiger partial charge in [0, 0.05) is 19.4 Å². The summed E-state index contributed by atoms with van der Waals surface area (Å²) in [5, 5.41) is 0. The van der Waals surface area contributed by atoms with Gasteiger partial charge in [0.1, 0.15) is 6.61 Å². The topological polar surface area (TPSA) is 61.8 Å². The predicted molar refractivity (Wildman–Crippen MR) is 288 cm³/mol. The summed E-state index contributed by atoms with van der Waals surface area (Å²) < 4.78 is 17.3. The second kappa shape index (κ2) is 55.1. The zero-order chi connectivity index (χ0) is 47.7. The Balaban J connectivity index is 4.47. The first kappa shape index (κ1) is 61.8. The summed E-state index contributed by atoms with van der Waals surface area (Å²) in [6, 6.07) is 0. The van der Waals surface area contributed by atoms with Crippen LogP contribution in [0.4, 0.5) is 0 Å². The van der Waals surface area contributed by atoms with E-state index in [0.29, 0.717) is 19.4 Å². The summed E-state index contributed by atoms with van der Waals surface area (Å²) >= 11 is 0. The Kier molecular flexibility index (Phi) is 51.6. The molecule has 0 aromatic carbocycles. The average molecular weight is 909 g/mol. The van der Waals surface area contributed by atoms with E-state index in [4.69, 9.17) is 14.2 Å². The highest BCUT2D eigenvalue weighted by atomic mass is 16.6. The molecule has 0 aromatic heterocycles. The first-order valence-electron chi connectivity index (χ1n) is 26.4. The number of esters is 2. The number of hydrogen-bond donors (Lipinski definition) is 0. The summed E-state index contributed by atoms with van der Waals surface area (Å²) in [5.41, 5.74) is 0. The van der Waals surface area contributed by atoms with E-state index in [9.17, 15) is 9.59 Å². The molecule has 0 N–H and O–H groups in total. The highest BCUT2D eigenvalue weighted by Gasteiger charge is 2.17. The first-order chi connectivity index (χ1) is 32.6. The van der Waals surface area contributed by atoms with Gasteiger partial charge in [0.15, 0.2) is 6.10 Å². The van der Waals surface area contributed by atoms with E-state index in [-0.39, 0.29) is 25.2 Å².